The van der Waals surface area contributed by atoms with Crippen molar-refractivity contribution in [3.8, 4) is 0 Å². The molecular formula is C12H22N2SSi2. The van der Waals surface area contributed by atoms with Crippen LogP contribution in [-0.4, -0.2) is 28.9 Å². The molecule has 0 saturated heterocycles. The Bertz CT molecular complexity index is 384. The van der Waals surface area contributed by atoms with Gasteiger partial charge in [0, 0.05) is 22.2 Å². The summed E-state index contributed by atoms with van der Waals surface area (Å²) >= 11 is 1.76. The minimum atomic E-state index is -1.33. The molecule has 0 spiro atoms. The van der Waals surface area contributed by atoms with E-state index in [1.807, 2.05) is 12.4 Å². The van der Waals surface area contributed by atoms with Crippen molar-refractivity contribution >= 4 is 40.2 Å². The summed E-state index contributed by atoms with van der Waals surface area (Å²) in [5, 5.41) is 0. The van der Waals surface area contributed by atoms with Gasteiger partial charge in [-0.25, -0.2) is 0 Å². The van der Waals surface area contributed by atoms with E-state index in [1.165, 1.54) is 9.75 Å². The predicted molar refractivity (Wildman–Crippen MR) is 86.2 cm³/mol. The molecule has 0 aliphatic heterocycles. The van der Waals surface area contributed by atoms with E-state index < -0.39 is 16.5 Å². The van der Waals surface area contributed by atoms with Crippen LogP contribution in [0.25, 0.3) is 0 Å². The molecule has 0 bridgehead atoms. The van der Waals surface area contributed by atoms with Gasteiger partial charge in [0.25, 0.3) is 0 Å². The third kappa shape index (κ3) is 6.70. The monoisotopic (exact) mass is 282 g/mol. The van der Waals surface area contributed by atoms with Gasteiger partial charge in [0.1, 0.15) is 0 Å². The van der Waals surface area contributed by atoms with E-state index in [0.29, 0.717) is 0 Å². The smallest absolute Gasteiger partial charge is 0.172 e. The molecule has 0 saturated carbocycles. The van der Waals surface area contributed by atoms with Crippen LogP contribution in [0.15, 0.2) is 21.4 Å². The molecule has 2 nitrogen and oxygen atoms in total. The van der Waals surface area contributed by atoms with Crippen LogP contribution in [0.4, 0.5) is 0 Å². The van der Waals surface area contributed by atoms with Crippen LogP contribution in [0, 0.1) is 0 Å². The second-order valence-corrected chi connectivity index (χ2v) is 16.4. The fourth-order valence-corrected chi connectivity index (χ4v) is 3.02. The molecular weight excluding hydrogens is 260 g/mol. The van der Waals surface area contributed by atoms with Crippen molar-refractivity contribution in [3.63, 3.8) is 0 Å². The Labute approximate surface area is 111 Å². The van der Waals surface area contributed by atoms with Crippen LogP contribution in [0.5, 0.6) is 0 Å². The maximum absolute atomic E-state index is 4.64. The van der Waals surface area contributed by atoms with Crippen molar-refractivity contribution in [1.82, 2.24) is 0 Å². The highest BCUT2D eigenvalue weighted by Gasteiger charge is 2.10. The van der Waals surface area contributed by atoms with E-state index >= 15 is 0 Å². The first kappa shape index (κ1) is 14.5. The highest BCUT2D eigenvalue weighted by atomic mass is 32.1. The molecule has 0 aliphatic carbocycles. The van der Waals surface area contributed by atoms with Gasteiger partial charge in [0.05, 0.1) is 0 Å². The van der Waals surface area contributed by atoms with Crippen molar-refractivity contribution in [2.24, 2.45) is 9.32 Å². The Morgan fingerprint density at radius 1 is 0.824 bits per heavy atom. The van der Waals surface area contributed by atoms with Gasteiger partial charge in [-0.3, -0.25) is 0 Å². The fraction of sp³-hybridized carbons (Fsp3) is 0.500. The van der Waals surface area contributed by atoms with Crippen molar-refractivity contribution in [3.05, 3.63) is 21.9 Å². The first-order valence-corrected chi connectivity index (χ1v) is 13.6. The summed E-state index contributed by atoms with van der Waals surface area (Å²) in [7, 11) is -2.66. The van der Waals surface area contributed by atoms with E-state index in [4.69, 9.17) is 0 Å². The molecule has 0 radical (unpaired) electrons. The molecule has 1 aromatic rings. The maximum Gasteiger partial charge on any atom is 0.172 e. The van der Waals surface area contributed by atoms with Gasteiger partial charge in [-0.05, 0) is 51.4 Å². The largest absolute Gasteiger partial charge is 0.328 e. The quantitative estimate of drug-likeness (QED) is 0.582. The minimum Gasteiger partial charge on any atom is -0.328 e. The lowest BCUT2D eigenvalue weighted by Crippen LogP contribution is -2.16. The number of rotatable bonds is 4. The van der Waals surface area contributed by atoms with Gasteiger partial charge >= 0.3 is 0 Å². The lowest BCUT2D eigenvalue weighted by molar-refractivity contribution is 1.57. The summed E-state index contributed by atoms with van der Waals surface area (Å²) in [6.45, 7) is 13.4. The summed E-state index contributed by atoms with van der Waals surface area (Å²) in [6.07, 6.45) is 4.03. The van der Waals surface area contributed by atoms with E-state index in [2.05, 4.69) is 60.7 Å². The minimum absolute atomic E-state index is 1.23. The number of hydrogen-bond acceptors (Lipinski definition) is 3. The fourth-order valence-electron chi connectivity index (χ4n) is 1.02. The Morgan fingerprint density at radius 3 is 1.47 bits per heavy atom. The van der Waals surface area contributed by atoms with Crippen LogP contribution in [0.2, 0.25) is 39.3 Å². The summed E-state index contributed by atoms with van der Waals surface area (Å²) in [5.74, 6) is 0. The molecule has 0 N–H and O–H groups in total. The topological polar surface area (TPSA) is 24.7 Å². The summed E-state index contributed by atoms with van der Waals surface area (Å²) in [4.78, 5) is 2.45. The highest BCUT2D eigenvalue weighted by Crippen LogP contribution is 2.14. The van der Waals surface area contributed by atoms with Crippen molar-refractivity contribution < 1.29 is 0 Å². The zero-order valence-electron chi connectivity index (χ0n) is 11.6. The van der Waals surface area contributed by atoms with Crippen LogP contribution in [0.3, 0.4) is 0 Å². The van der Waals surface area contributed by atoms with Gasteiger partial charge in [0.15, 0.2) is 16.5 Å². The van der Waals surface area contributed by atoms with Crippen molar-refractivity contribution in [2.75, 3.05) is 0 Å². The molecule has 17 heavy (non-hydrogen) atoms. The molecule has 0 aliphatic rings. The molecule has 0 unspecified atom stereocenters. The Balaban J connectivity index is 2.73. The summed E-state index contributed by atoms with van der Waals surface area (Å²) in [6, 6.07) is 4.25. The number of nitrogens with zero attached hydrogens (tertiary/aromatic N) is 2. The molecule has 0 amide bonds. The van der Waals surface area contributed by atoms with E-state index in [-0.39, 0.29) is 0 Å². The van der Waals surface area contributed by atoms with E-state index in [0.717, 1.165) is 0 Å². The molecule has 1 heterocycles. The van der Waals surface area contributed by atoms with Crippen LogP contribution < -0.4 is 0 Å². The molecule has 1 aromatic heterocycles. The first-order chi connectivity index (χ1) is 7.66. The second kappa shape index (κ2) is 5.41. The van der Waals surface area contributed by atoms with E-state index in [1.54, 1.807) is 11.3 Å². The number of hydrogen-bond donors (Lipinski definition) is 0. The average molecular weight is 283 g/mol. The van der Waals surface area contributed by atoms with Gasteiger partial charge < -0.3 is 9.32 Å². The lowest BCUT2D eigenvalue weighted by atomic mass is 10.4. The highest BCUT2D eigenvalue weighted by molar-refractivity contribution is 7.15. The lowest BCUT2D eigenvalue weighted by Gasteiger charge is -2.06. The standard InChI is InChI=1S/C12H22N2SSi2/c1-16(2,3)13-9-11-7-8-12(15-11)10-14-17(4,5)6/h7-10H,1-6H3/b13-9+,14-10+. The zero-order chi connectivity index (χ0) is 13.1. The zero-order valence-corrected chi connectivity index (χ0v) is 14.4. The molecule has 5 heteroatoms. The molecule has 1 rings (SSSR count). The normalized spacial score (nSPS) is 14.0. The average Bonchev–Trinajstić information content (AvgIpc) is 2.57. The molecule has 0 atom stereocenters. The first-order valence-electron chi connectivity index (χ1n) is 5.86. The van der Waals surface area contributed by atoms with Crippen molar-refractivity contribution in [1.29, 1.82) is 0 Å². The molecule has 94 valence electrons. The summed E-state index contributed by atoms with van der Waals surface area (Å²) in [5.41, 5.74) is 0. The van der Waals surface area contributed by atoms with Gasteiger partial charge in [-0.15, -0.1) is 11.3 Å². The second-order valence-electron chi connectivity index (χ2n) is 6.10. The maximum atomic E-state index is 4.64. The third-order valence-corrected chi connectivity index (χ3v) is 4.57. The Morgan fingerprint density at radius 2 is 1.18 bits per heavy atom. The predicted octanol–water partition coefficient (Wildman–Crippen LogP) is 4.26. The van der Waals surface area contributed by atoms with Gasteiger partial charge in [-0.2, -0.15) is 0 Å². The van der Waals surface area contributed by atoms with Gasteiger partial charge in [0.2, 0.25) is 0 Å². The third-order valence-electron chi connectivity index (χ3n) is 1.81. The van der Waals surface area contributed by atoms with Crippen LogP contribution >= 0.6 is 11.3 Å². The van der Waals surface area contributed by atoms with Gasteiger partial charge in [-0.1, -0.05) is 0 Å². The Kier molecular flexibility index (Phi) is 4.63. The van der Waals surface area contributed by atoms with Crippen LogP contribution in [-0.2, 0) is 0 Å². The number of thiophene rings is 1. The van der Waals surface area contributed by atoms with E-state index in [9.17, 15) is 0 Å². The van der Waals surface area contributed by atoms with Crippen LogP contribution in [0.1, 0.15) is 9.75 Å². The SMILES string of the molecule is C[Si](C)(C)/N=C/c1ccc(/C=N/[Si](C)(C)C)s1. The molecule has 0 aromatic carbocycles. The molecule has 0 fully saturated rings. The van der Waals surface area contributed by atoms with Crippen molar-refractivity contribution in [2.45, 2.75) is 39.3 Å². The summed E-state index contributed by atoms with van der Waals surface area (Å²) < 4.78 is 9.27. The Hall–Kier alpha value is -0.526.